The average Bonchev–Trinajstić information content (AvgIpc) is 2.94. The molecule has 4 nitrogen and oxygen atoms in total. The lowest BCUT2D eigenvalue weighted by atomic mass is 9.70. The summed E-state index contributed by atoms with van der Waals surface area (Å²) in [4.78, 5) is 39.3. The molecule has 6 heteroatoms. The quantitative estimate of drug-likeness (QED) is 0.164. The van der Waals surface area contributed by atoms with Crippen molar-refractivity contribution in [3.63, 3.8) is 0 Å². The van der Waals surface area contributed by atoms with E-state index in [2.05, 4.69) is 13.8 Å². The normalized spacial score (nSPS) is 18.6. The zero-order valence-corrected chi connectivity index (χ0v) is 21.6. The predicted octanol–water partition coefficient (Wildman–Crippen LogP) is 6.05. The van der Waals surface area contributed by atoms with Gasteiger partial charge in [0.15, 0.2) is 7.85 Å². The summed E-state index contributed by atoms with van der Waals surface area (Å²) in [6.07, 6.45) is 12.7. The van der Waals surface area contributed by atoms with E-state index in [0.29, 0.717) is 11.7 Å². The molecule has 2 amide bonds. The lowest BCUT2D eigenvalue weighted by molar-refractivity contribution is -0.146. The lowest BCUT2D eigenvalue weighted by Crippen LogP contribution is -2.51. The number of thioether (sulfide) groups is 1. The van der Waals surface area contributed by atoms with Crippen molar-refractivity contribution in [2.24, 2.45) is 5.41 Å². The largest absolute Gasteiger partial charge is 0.312 e. The van der Waals surface area contributed by atoms with Crippen LogP contribution in [0, 0.1) is 5.41 Å². The van der Waals surface area contributed by atoms with Crippen LogP contribution in [0.5, 0.6) is 0 Å². The van der Waals surface area contributed by atoms with E-state index in [0.717, 1.165) is 12.8 Å². The minimum Gasteiger partial charge on any atom is -0.312 e. The molecule has 0 N–H and O–H groups in total. The molecule has 0 aromatic carbocycles. The van der Waals surface area contributed by atoms with Crippen LogP contribution in [-0.4, -0.2) is 46.3 Å². The summed E-state index contributed by atoms with van der Waals surface area (Å²) in [6.45, 7) is 11.7. The van der Waals surface area contributed by atoms with Gasteiger partial charge in [-0.15, -0.1) is 11.8 Å². The topological polar surface area (TPSA) is 54.5 Å². The monoisotopic (exact) mass is 449 g/mol. The fraction of sp³-hybridized carbons (Fsp3) is 0.880. The molecule has 1 rings (SSSR count). The molecule has 2 radical (unpaired) electrons. The zero-order valence-electron chi connectivity index (χ0n) is 20.8. The Morgan fingerprint density at radius 3 is 2.06 bits per heavy atom. The predicted molar refractivity (Wildman–Crippen MR) is 132 cm³/mol. The van der Waals surface area contributed by atoms with Crippen LogP contribution in [0.15, 0.2) is 0 Å². The smallest absolute Gasteiger partial charge is 0.243 e. The van der Waals surface area contributed by atoms with Gasteiger partial charge < -0.3 is 4.79 Å². The Balaban J connectivity index is 2.80. The van der Waals surface area contributed by atoms with E-state index < -0.39 is 16.6 Å². The number of imide groups is 1. The number of rotatable bonds is 16. The number of nitrogens with zero attached hydrogens (tertiary/aromatic N) is 1. The molecular weight excluding hydrogens is 405 g/mol. The molecule has 31 heavy (non-hydrogen) atoms. The Morgan fingerprint density at radius 2 is 1.52 bits per heavy atom. The molecule has 2 atom stereocenters. The summed E-state index contributed by atoms with van der Waals surface area (Å²) in [7, 11) is 5.54. The molecule has 1 saturated heterocycles. The van der Waals surface area contributed by atoms with Gasteiger partial charge in [-0.2, -0.15) is 0 Å². The van der Waals surface area contributed by atoms with Gasteiger partial charge in [0.1, 0.15) is 0 Å². The Kier molecular flexibility index (Phi) is 11.9. The van der Waals surface area contributed by atoms with E-state index in [4.69, 9.17) is 7.85 Å². The average molecular weight is 450 g/mol. The third-order valence-corrected chi connectivity index (χ3v) is 7.92. The molecule has 176 valence electrons. The van der Waals surface area contributed by atoms with Crippen LogP contribution in [0.1, 0.15) is 119 Å². The number of likely N-dealkylation sites (tertiary alicyclic amines) is 1. The first kappa shape index (κ1) is 28.3. The molecule has 0 bridgehead atoms. The third-order valence-electron chi connectivity index (χ3n) is 6.37. The maximum Gasteiger partial charge on any atom is 0.243 e. The summed E-state index contributed by atoms with van der Waals surface area (Å²) in [5, 5.41) is 0.130. The van der Waals surface area contributed by atoms with E-state index in [1.54, 1.807) is 25.6 Å². The van der Waals surface area contributed by atoms with Crippen LogP contribution in [0.3, 0.4) is 0 Å². The highest BCUT2D eigenvalue weighted by atomic mass is 32.2. The van der Waals surface area contributed by atoms with Gasteiger partial charge in [-0.1, -0.05) is 79.1 Å². The lowest BCUT2D eigenvalue weighted by Gasteiger charge is -2.39. The highest BCUT2D eigenvalue weighted by Crippen LogP contribution is 2.39. The minimum absolute atomic E-state index is 0.0910. The van der Waals surface area contributed by atoms with Gasteiger partial charge in [0.05, 0.1) is 10.9 Å². The molecule has 1 heterocycles. The zero-order chi connectivity index (χ0) is 23.7. The van der Waals surface area contributed by atoms with Gasteiger partial charge in [0.2, 0.25) is 11.8 Å². The summed E-state index contributed by atoms with van der Waals surface area (Å²) in [5.74, 6) is -0.213. The SMILES string of the molecule is [B]C(=O)C(C)(C)CC(C)(C)N1C(=O)CC(SC(CCCCC)CCCCCCC)C1=O. The maximum atomic E-state index is 13.3. The molecule has 2 unspecified atom stereocenters. The van der Waals surface area contributed by atoms with Gasteiger partial charge in [-0.25, -0.2) is 0 Å². The van der Waals surface area contributed by atoms with Crippen LogP contribution in [-0.2, 0) is 14.4 Å². The van der Waals surface area contributed by atoms with Gasteiger partial charge in [-0.3, -0.25) is 14.5 Å². The van der Waals surface area contributed by atoms with Crippen molar-refractivity contribution < 1.29 is 14.4 Å². The van der Waals surface area contributed by atoms with E-state index in [-0.39, 0.29) is 23.5 Å². The summed E-state index contributed by atoms with van der Waals surface area (Å²) in [6, 6.07) is 0. The van der Waals surface area contributed by atoms with Crippen LogP contribution >= 0.6 is 11.8 Å². The molecule has 0 aromatic heterocycles. The summed E-state index contributed by atoms with van der Waals surface area (Å²) in [5.41, 5.74) is -1.93. The van der Waals surface area contributed by atoms with Gasteiger partial charge in [-0.05, 0) is 33.1 Å². The van der Waals surface area contributed by atoms with Gasteiger partial charge in [0, 0.05) is 22.6 Å². The molecule has 0 saturated carbocycles. The van der Waals surface area contributed by atoms with Crippen molar-refractivity contribution in [3.05, 3.63) is 0 Å². The van der Waals surface area contributed by atoms with Crippen molar-refractivity contribution in [1.29, 1.82) is 0 Å². The van der Waals surface area contributed by atoms with E-state index >= 15 is 0 Å². The Bertz CT molecular complexity index is 606. The van der Waals surface area contributed by atoms with Crippen molar-refractivity contribution >= 4 is 37.1 Å². The molecule has 1 aliphatic heterocycles. The van der Waals surface area contributed by atoms with Crippen molar-refractivity contribution in [2.45, 2.75) is 135 Å². The van der Waals surface area contributed by atoms with E-state index in [9.17, 15) is 14.4 Å². The highest BCUT2D eigenvalue weighted by molar-refractivity contribution is 8.01. The fourth-order valence-corrected chi connectivity index (χ4v) is 6.24. The Morgan fingerprint density at radius 1 is 1.00 bits per heavy atom. The first-order valence-corrected chi connectivity index (χ1v) is 13.2. The van der Waals surface area contributed by atoms with Crippen LogP contribution in [0.25, 0.3) is 0 Å². The van der Waals surface area contributed by atoms with Crippen LogP contribution in [0.4, 0.5) is 0 Å². The number of carbonyl (C=O) groups is 3. The second-order valence-corrected chi connectivity index (χ2v) is 12.0. The Labute approximate surface area is 196 Å². The molecule has 1 aliphatic rings. The molecule has 0 aromatic rings. The standard InChI is InChI=1S/C25H44BNO3S/c1-7-9-11-12-14-16-19(15-13-10-8-2)31-20-17-21(28)27(22(20)29)25(5,6)18-24(3,4)23(26)30/h19-20H,7-18H2,1-6H3. The fourth-order valence-electron chi connectivity index (χ4n) is 4.70. The second-order valence-electron chi connectivity index (χ2n) is 10.5. The van der Waals surface area contributed by atoms with Crippen molar-refractivity contribution in [1.82, 2.24) is 4.90 Å². The number of carbonyl (C=O) groups excluding carboxylic acids is 3. The minimum atomic E-state index is -0.781. The first-order chi connectivity index (χ1) is 14.5. The number of amides is 2. The third kappa shape index (κ3) is 8.94. The highest BCUT2D eigenvalue weighted by Gasteiger charge is 2.48. The molecule has 0 spiro atoms. The summed E-state index contributed by atoms with van der Waals surface area (Å²) < 4.78 is 0. The Hall–Kier alpha value is -0.775. The first-order valence-electron chi connectivity index (χ1n) is 12.3. The molecule has 0 aliphatic carbocycles. The second kappa shape index (κ2) is 13.1. The summed E-state index contributed by atoms with van der Waals surface area (Å²) >= 11 is 1.72. The molecular formula is C25H44BNO3S. The number of hydrogen-bond acceptors (Lipinski definition) is 4. The van der Waals surface area contributed by atoms with Gasteiger partial charge in [0.25, 0.3) is 0 Å². The van der Waals surface area contributed by atoms with Crippen molar-refractivity contribution in [2.75, 3.05) is 0 Å². The van der Waals surface area contributed by atoms with Crippen LogP contribution < -0.4 is 0 Å². The van der Waals surface area contributed by atoms with Crippen molar-refractivity contribution in [3.8, 4) is 0 Å². The number of hydrogen-bond donors (Lipinski definition) is 0. The number of unbranched alkanes of at least 4 members (excludes halogenated alkanes) is 6. The van der Waals surface area contributed by atoms with E-state index in [1.165, 1.54) is 56.3 Å². The van der Waals surface area contributed by atoms with Gasteiger partial charge >= 0.3 is 0 Å². The van der Waals surface area contributed by atoms with E-state index in [1.807, 2.05) is 13.8 Å². The molecule has 1 fully saturated rings. The van der Waals surface area contributed by atoms with Crippen LogP contribution in [0.2, 0.25) is 0 Å². The maximum absolute atomic E-state index is 13.3.